The Hall–Kier alpha value is -3.68. The molecule has 0 unspecified atom stereocenters. The van der Waals surface area contributed by atoms with Crippen LogP contribution in [0.25, 0.3) is 22.5 Å². The Balaban J connectivity index is 1.66. The zero-order chi connectivity index (χ0) is 22.7. The number of ether oxygens (including phenoxy) is 1. The lowest BCUT2D eigenvalue weighted by Gasteiger charge is -2.19. The zero-order valence-electron chi connectivity index (χ0n) is 18.7. The molecule has 0 fully saturated rings. The summed E-state index contributed by atoms with van der Waals surface area (Å²) < 4.78 is 5.32. The number of hydrogen-bond donors (Lipinski definition) is 2. The number of aryl methyl sites for hydroxylation is 1. The van der Waals surface area contributed by atoms with Crippen LogP contribution in [0.15, 0.2) is 47.9 Å². The van der Waals surface area contributed by atoms with Gasteiger partial charge in [0.05, 0.1) is 23.6 Å². The fraction of sp³-hybridized carbons (Fsp3) is 0.333. The molecule has 32 heavy (non-hydrogen) atoms. The molecule has 1 amide bonds. The topological polar surface area (TPSA) is 101 Å². The van der Waals surface area contributed by atoms with Gasteiger partial charge >= 0.3 is 6.09 Å². The number of imidazole rings is 1. The molecule has 3 aromatic rings. The molecule has 0 saturated carbocycles. The number of fused-ring (bicyclic) bond motifs is 1. The van der Waals surface area contributed by atoms with Crippen molar-refractivity contribution in [3.8, 4) is 22.5 Å². The lowest BCUT2D eigenvalue weighted by atomic mass is 10.0. The van der Waals surface area contributed by atoms with E-state index in [2.05, 4.69) is 32.6 Å². The van der Waals surface area contributed by atoms with Gasteiger partial charge in [0.2, 0.25) is 0 Å². The summed E-state index contributed by atoms with van der Waals surface area (Å²) in [6.45, 7) is 5.71. The molecule has 0 radical (unpaired) electrons. The molecule has 2 heterocycles. The van der Waals surface area contributed by atoms with Crippen LogP contribution < -0.4 is 5.32 Å². The summed E-state index contributed by atoms with van der Waals surface area (Å²) in [4.78, 5) is 29.3. The number of nitrogens with one attached hydrogen (secondary N) is 2. The van der Waals surface area contributed by atoms with Gasteiger partial charge in [-0.05, 0) is 57.4 Å². The van der Waals surface area contributed by atoms with E-state index in [1.165, 1.54) is 5.56 Å². The molecule has 4 rings (SSSR count). The van der Waals surface area contributed by atoms with Crippen molar-refractivity contribution in [1.82, 2.24) is 20.3 Å². The van der Waals surface area contributed by atoms with E-state index in [0.717, 1.165) is 46.6 Å². The first kappa shape index (κ1) is 21.5. The van der Waals surface area contributed by atoms with Crippen LogP contribution in [0.1, 0.15) is 44.1 Å². The predicted molar refractivity (Wildman–Crippen MR) is 122 cm³/mol. The summed E-state index contributed by atoms with van der Waals surface area (Å²) in [5, 5.41) is 6.90. The number of amides is 1. The zero-order valence-corrected chi connectivity index (χ0v) is 18.7. The summed E-state index contributed by atoms with van der Waals surface area (Å²) in [6, 6.07) is 10.1. The molecular weight excluding hydrogens is 406 g/mol. The van der Waals surface area contributed by atoms with Crippen molar-refractivity contribution in [2.24, 2.45) is 5.16 Å². The highest BCUT2D eigenvalue weighted by molar-refractivity contribution is 6.04. The van der Waals surface area contributed by atoms with Crippen LogP contribution in [0.3, 0.4) is 0 Å². The lowest BCUT2D eigenvalue weighted by Crippen LogP contribution is -2.32. The third-order valence-corrected chi connectivity index (χ3v) is 5.04. The van der Waals surface area contributed by atoms with Crippen molar-refractivity contribution in [2.45, 2.75) is 45.8 Å². The van der Waals surface area contributed by atoms with Crippen LogP contribution in [0, 0.1) is 0 Å². The molecule has 1 aliphatic carbocycles. The third kappa shape index (κ3) is 4.80. The molecule has 8 heteroatoms. The Kier molecular flexibility index (Phi) is 5.94. The lowest BCUT2D eigenvalue weighted by molar-refractivity contribution is 0.0522. The van der Waals surface area contributed by atoms with Gasteiger partial charge in [-0.3, -0.25) is 4.98 Å². The van der Waals surface area contributed by atoms with Crippen LogP contribution in [-0.2, 0) is 22.5 Å². The Bertz CT molecular complexity index is 1150. The van der Waals surface area contributed by atoms with Gasteiger partial charge < -0.3 is 19.9 Å². The molecule has 0 atom stereocenters. The second-order valence-corrected chi connectivity index (χ2v) is 8.59. The highest BCUT2D eigenvalue weighted by Gasteiger charge is 2.22. The largest absolute Gasteiger partial charge is 0.444 e. The van der Waals surface area contributed by atoms with E-state index in [-0.39, 0.29) is 6.54 Å². The number of carbonyl (C=O) groups excluding carboxylic acids is 1. The Morgan fingerprint density at radius 3 is 2.66 bits per heavy atom. The van der Waals surface area contributed by atoms with E-state index < -0.39 is 11.7 Å². The molecule has 1 aromatic carbocycles. The van der Waals surface area contributed by atoms with Gasteiger partial charge in [0.1, 0.15) is 18.5 Å². The Morgan fingerprint density at radius 1 is 1.16 bits per heavy atom. The smallest absolute Gasteiger partial charge is 0.408 e. The van der Waals surface area contributed by atoms with Gasteiger partial charge in [0.25, 0.3) is 0 Å². The number of carbonyl (C=O) groups is 1. The van der Waals surface area contributed by atoms with Crippen molar-refractivity contribution >= 4 is 11.8 Å². The van der Waals surface area contributed by atoms with E-state index in [1.807, 2.05) is 39.0 Å². The maximum absolute atomic E-state index is 12.1. The number of rotatable bonds is 5. The molecule has 2 N–H and O–H groups in total. The molecule has 0 saturated heterocycles. The maximum Gasteiger partial charge on any atom is 0.408 e. The summed E-state index contributed by atoms with van der Waals surface area (Å²) in [7, 11) is 1.57. The Morgan fingerprint density at radius 2 is 1.94 bits per heavy atom. The second kappa shape index (κ2) is 8.82. The van der Waals surface area contributed by atoms with Gasteiger partial charge in [0, 0.05) is 29.1 Å². The molecule has 2 aromatic heterocycles. The number of alkyl carbamates (subject to hydrolysis) is 1. The first-order valence-corrected chi connectivity index (χ1v) is 10.5. The first-order valence-electron chi connectivity index (χ1n) is 10.5. The van der Waals surface area contributed by atoms with E-state index in [0.29, 0.717) is 5.82 Å². The van der Waals surface area contributed by atoms with Crippen molar-refractivity contribution in [1.29, 1.82) is 0 Å². The van der Waals surface area contributed by atoms with Gasteiger partial charge in [-0.25, -0.2) is 9.78 Å². The summed E-state index contributed by atoms with van der Waals surface area (Å²) in [6.07, 6.45) is 4.77. The minimum Gasteiger partial charge on any atom is -0.444 e. The minimum absolute atomic E-state index is 0.225. The fourth-order valence-electron chi connectivity index (χ4n) is 3.73. The van der Waals surface area contributed by atoms with Crippen molar-refractivity contribution in [3.63, 3.8) is 0 Å². The molecule has 1 aliphatic rings. The quantitative estimate of drug-likeness (QED) is 0.579. The number of hydrogen-bond acceptors (Lipinski definition) is 6. The molecule has 8 nitrogen and oxygen atoms in total. The van der Waals surface area contributed by atoms with Crippen molar-refractivity contribution in [2.75, 3.05) is 7.11 Å². The normalized spacial score (nSPS) is 14.3. The van der Waals surface area contributed by atoms with Crippen LogP contribution >= 0.6 is 0 Å². The molecule has 166 valence electrons. The van der Waals surface area contributed by atoms with Crippen molar-refractivity contribution in [3.05, 3.63) is 59.7 Å². The Labute approximate surface area is 187 Å². The molecule has 0 spiro atoms. The standard InChI is InChI=1S/C24H27N5O3/c1-24(2,3)32-23(30)26-14-20-27-21(15-9-11-25-12-10-15)22(28-20)17-5-7-18-16(13-17)6-8-19(18)29-31-4/h5,7,9-13H,6,8,14H2,1-4H3,(H,26,30)(H,27,28)/b29-19-. The van der Waals surface area contributed by atoms with E-state index in [4.69, 9.17) is 14.6 Å². The van der Waals surface area contributed by atoms with E-state index in [9.17, 15) is 4.79 Å². The van der Waals surface area contributed by atoms with Gasteiger partial charge in [-0.2, -0.15) is 0 Å². The van der Waals surface area contributed by atoms with Gasteiger partial charge in [-0.15, -0.1) is 0 Å². The van der Waals surface area contributed by atoms with Gasteiger partial charge in [-0.1, -0.05) is 17.3 Å². The third-order valence-electron chi connectivity index (χ3n) is 5.04. The molecule has 0 aliphatic heterocycles. The fourth-order valence-corrected chi connectivity index (χ4v) is 3.73. The molecule has 0 bridgehead atoms. The number of benzene rings is 1. The number of aromatic nitrogens is 3. The van der Waals surface area contributed by atoms with Crippen molar-refractivity contribution < 1.29 is 14.4 Å². The number of nitrogens with zero attached hydrogens (tertiary/aromatic N) is 3. The van der Waals surface area contributed by atoms with Crippen LogP contribution in [0.4, 0.5) is 4.79 Å². The van der Waals surface area contributed by atoms with Crippen LogP contribution in [0.2, 0.25) is 0 Å². The summed E-state index contributed by atoms with van der Waals surface area (Å²) in [5.41, 5.74) is 6.39. The summed E-state index contributed by atoms with van der Waals surface area (Å²) >= 11 is 0. The van der Waals surface area contributed by atoms with Crippen LogP contribution in [0.5, 0.6) is 0 Å². The second-order valence-electron chi connectivity index (χ2n) is 8.59. The summed E-state index contributed by atoms with van der Waals surface area (Å²) in [5.74, 6) is 0.639. The monoisotopic (exact) mass is 433 g/mol. The SMILES string of the molecule is CO/N=C1/CCc2cc(-c3nc(CNC(=O)OC(C)(C)C)[nH]c3-c3ccncc3)ccc21. The van der Waals surface area contributed by atoms with E-state index in [1.54, 1.807) is 19.5 Å². The van der Waals surface area contributed by atoms with E-state index >= 15 is 0 Å². The number of aromatic amines is 1. The number of H-pyrrole nitrogens is 1. The maximum atomic E-state index is 12.1. The number of oxime groups is 1. The highest BCUT2D eigenvalue weighted by atomic mass is 16.6. The minimum atomic E-state index is -0.560. The average molecular weight is 434 g/mol. The average Bonchev–Trinajstić information content (AvgIpc) is 3.36. The first-order chi connectivity index (χ1) is 15.3. The highest BCUT2D eigenvalue weighted by Crippen LogP contribution is 2.33. The predicted octanol–water partition coefficient (Wildman–Crippen LogP) is 4.46. The number of pyridine rings is 1. The van der Waals surface area contributed by atoms with Gasteiger partial charge in [0.15, 0.2) is 0 Å². The molecular formula is C24H27N5O3. The van der Waals surface area contributed by atoms with Crippen LogP contribution in [-0.4, -0.2) is 39.5 Å².